The highest BCUT2D eigenvalue weighted by atomic mass is 35.5. The molecule has 25 heavy (non-hydrogen) atoms. The summed E-state index contributed by atoms with van der Waals surface area (Å²) in [6.07, 6.45) is 2.52. The minimum atomic E-state index is -0.794. The molecule has 0 bridgehead atoms. The highest BCUT2D eigenvalue weighted by Gasteiger charge is 2.35. The Morgan fingerprint density at radius 3 is 2.72 bits per heavy atom. The molecule has 2 aromatic rings. The molecule has 2 heterocycles. The molecule has 1 N–H and O–H groups in total. The third kappa shape index (κ3) is 3.97. The van der Waals surface area contributed by atoms with Crippen molar-refractivity contribution in [2.75, 3.05) is 6.54 Å². The lowest BCUT2D eigenvalue weighted by Gasteiger charge is -2.39. The summed E-state index contributed by atoms with van der Waals surface area (Å²) in [6, 6.07) is 10.5. The molecule has 1 aliphatic heterocycles. The summed E-state index contributed by atoms with van der Waals surface area (Å²) in [5.41, 5.74) is 2.62. The van der Waals surface area contributed by atoms with Gasteiger partial charge in [-0.1, -0.05) is 41.8 Å². The van der Waals surface area contributed by atoms with Crippen LogP contribution in [0.5, 0.6) is 0 Å². The number of likely N-dealkylation sites (tertiary alicyclic amines) is 1. The number of carboxylic acid groups (broad SMARTS) is 1. The molecule has 0 radical (unpaired) electrons. The van der Waals surface area contributed by atoms with Crippen LogP contribution in [0, 0.1) is 6.92 Å². The molecule has 1 fully saturated rings. The fourth-order valence-electron chi connectivity index (χ4n) is 3.46. The average molecular weight is 379 g/mol. The van der Waals surface area contributed by atoms with Gasteiger partial charge < -0.3 is 5.11 Å². The number of halogens is 2. The molecule has 6 heteroatoms. The van der Waals surface area contributed by atoms with Gasteiger partial charge in [0, 0.05) is 5.69 Å². The molecule has 3 rings (SSSR count). The van der Waals surface area contributed by atoms with Gasteiger partial charge in [0.05, 0.1) is 21.8 Å². The van der Waals surface area contributed by atoms with Crippen LogP contribution in [0.1, 0.15) is 42.3 Å². The summed E-state index contributed by atoms with van der Waals surface area (Å²) in [6.45, 7) is 2.64. The number of nitrogens with zero attached hydrogens (tertiary/aromatic N) is 2. The number of rotatable bonds is 4. The van der Waals surface area contributed by atoms with E-state index in [1.54, 1.807) is 6.07 Å². The van der Waals surface area contributed by atoms with Gasteiger partial charge in [-0.05, 0) is 56.1 Å². The minimum absolute atomic E-state index is 0.268. The summed E-state index contributed by atoms with van der Waals surface area (Å²) in [5, 5.41) is 10.6. The van der Waals surface area contributed by atoms with Gasteiger partial charge in [-0.3, -0.25) is 14.7 Å². The molecule has 1 saturated heterocycles. The number of aryl methyl sites for hydroxylation is 1. The fourth-order valence-corrected chi connectivity index (χ4v) is 3.77. The number of hydrogen-bond acceptors (Lipinski definition) is 3. The monoisotopic (exact) mass is 378 g/mol. The second kappa shape index (κ2) is 7.73. The Balaban J connectivity index is 2.10. The van der Waals surface area contributed by atoms with Gasteiger partial charge in [0.2, 0.25) is 0 Å². The van der Waals surface area contributed by atoms with E-state index >= 15 is 0 Å². The highest BCUT2D eigenvalue weighted by molar-refractivity contribution is 6.42. The van der Waals surface area contributed by atoms with E-state index in [-0.39, 0.29) is 6.04 Å². The lowest BCUT2D eigenvalue weighted by Crippen LogP contribution is -2.47. The first-order valence-electron chi connectivity index (χ1n) is 8.34. The van der Waals surface area contributed by atoms with Crippen LogP contribution < -0.4 is 0 Å². The molecule has 0 spiro atoms. The first kappa shape index (κ1) is 18.2. The molecule has 2 unspecified atom stereocenters. The standard InChI is InChI=1S/C19H20Cl2N2O2/c1-12-5-4-6-16(22-12)18(13-8-9-14(20)15(21)11-13)23-10-3-2-7-17(23)19(24)25/h4-6,8-9,11,17-18H,2-3,7,10H2,1H3,(H,24,25). The molecule has 0 aliphatic carbocycles. The van der Waals surface area contributed by atoms with Gasteiger partial charge in [-0.25, -0.2) is 0 Å². The van der Waals surface area contributed by atoms with E-state index in [0.29, 0.717) is 23.0 Å². The summed E-state index contributed by atoms with van der Waals surface area (Å²) in [5.74, 6) is -0.794. The van der Waals surface area contributed by atoms with Crippen LogP contribution in [-0.2, 0) is 4.79 Å². The Bertz CT molecular complexity index is 782. The maximum Gasteiger partial charge on any atom is 0.320 e. The fraction of sp³-hybridized carbons (Fsp3) is 0.368. The van der Waals surface area contributed by atoms with E-state index in [1.807, 2.05) is 42.2 Å². The van der Waals surface area contributed by atoms with Gasteiger partial charge in [-0.15, -0.1) is 0 Å². The SMILES string of the molecule is Cc1cccc(C(c2ccc(Cl)c(Cl)c2)N2CCCCC2C(=O)O)n1. The van der Waals surface area contributed by atoms with Crippen molar-refractivity contribution in [3.8, 4) is 0 Å². The summed E-state index contributed by atoms with van der Waals surface area (Å²) < 4.78 is 0. The zero-order valence-electron chi connectivity index (χ0n) is 14.0. The van der Waals surface area contributed by atoms with Crippen molar-refractivity contribution in [2.45, 2.75) is 38.3 Å². The molecule has 0 amide bonds. The zero-order chi connectivity index (χ0) is 18.0. The van der Waals surface area contributed by atoms with E-state index in [9.17, 15) is 9.90 Å². The Kier molecular flexibility index (Phi) is 5.62. The summed E-state index contributed by atoms with van der Waals surface area (Å²) >= 11 is 12.3. The molecule has 132 valence electrons. The maximum atomic E-state index is 11.8. The summed E-state index contributed by atoms with van der Waals surface area (Å²) in [7, 11) is 0. The number of carbonyl (C=O) groups is 1. The van der Waals surface area contributed by atoms with Crippen molar-refractivity contribution in [3.63, 3.8) is 0 Å². The van der Waals surface area contributed by atoms with E-state index in [0.717, 1.165) is 29.8 Å². The van der Waals surface area contributed by atoms with Gasteiger partial charge in [-0.2, -0.15) is 0 Å². The predicted molar refractivity (Wildman–Crippen MR) is 99.3 cm³/mol. The quantitative estimate of drug-likeness (QED) is 0.835. The van der Waals surface area contributed by atoms with Crippen molar-refractivity contribution < 1.29 is 9.90 Å². The van der Waals surface area contributed by atoms with Crippen molar-refractivity contribution in [1.82, 2.24) is 9.88 Å². The maximum absolute atomic E-state index is 11.8. The van der Waals surface area contributed by atoms with Gasteiger partial charge in [0.25, 0.3) is 0 Å². The molecule has 0 saturated carbocycles. The first-order valence-corrected chi connectivity index (χ1v) is 9.10. The molecule has 1 aromatic carbocycles. The number of aromatic nitrogens is 1. The molecule has 1 aliphatic rings. The minimum Gasteiger partial charge on any atom is -0.480 e. The second-order valence-electron chi connectivity index (χ2n) is 6.37. The number of hydrogen-bond donors (Lipinski definition) is 1. The molecule has 1 aromatic heterocycles. The lowest BCUT2D eigenvalue weighted by atomic mass is 9.94. The lowest BCUT2D eigenvalue weighted by molar-refractivity contribution is -0.145. The zero-order valence-corrected chi connectivity index (χ0v) is 15.5. The van der Waals surface area contributed by atoms with E-state index in [2.05, 4.69) is 4.98 Å². The van der Waals surface area contributed by atoms with Crippen molar-refractivity contribution in [2.24, 2.45) is 0 Å². The second-order valence-corrected chi connectivity index (χ2v) is 7.18. The average Bonchev–Trinajstić information content (AvgIpc) is 2.59. The van der Waals surface area contributed by atoms with Gasteiger partial charge in [0.15, 0.2) is 0 Å². The third-order valence-electron chi connectivity index (χ3n) is 4.61. The van der Waals surface area contributed by atoms with Crippen molar-refractivity contribution >= 4 is 29.2 Å². The van der Waals surface area contributed by atoms with Crippen LogP contribution in [0.25, 0.3) is 0 Å². The van der Waals surface area contributed by atoms with E-state index < -0.39 is 12.0 Å². The molecular weight excluding hydrogens is 359 g/mol. The first-order chi connectivity index (χ1) is 12.0. The predicted octanol–water partition coefficient (Wildman–Crippen LogP) is 4.73. The van der Waals surface area contributed by atoms with Crippen molar-refractivity contribution in [1.29, 1.82) is 0 Å². The van der Waals surface area contributed by atoms with Crippen LogP contribution in [0.4, 0.5) is 0 Å². The number of carboxylic acids is 1. The van der Waals surface area contributed by atoms with Crippen LogP contribution in [-0.4, -0.2) is 33.5 Å². The number of benzene rings is 1. The molecular formula is C19H20Cl2N2O2. The molecule has 4 nitrogen and oxygen atoms in total. The van der Waals surface area contributed by atoms with Crippen molar-refractivity contribution in [3.05, 3.63) is 63.4 Å². The number of aliphatic carboxylic acids is 1. The Morgan fingerprint density at radius 2 is 2.04 bits per heavy atom. The third-order valence-corrected chi connectivity index (χ3v) is 5.35. The van der Waals surface area contributed by atoms with Crippen LogP contribution in [0.2, 0.25) is 10.0 Å². The number of pyridine rings is 1. The van der Waals surface area contributed by atoms with Crippen LogP contribution in [0.3, 0.4) is 0 Å². The highest BCUT2D eigenvalue weighted by Crippen LogP contribution is 2.36. The topological polar surface area (TPSA) is 53.4 Å². The van der Waals surface area contributed by atoms with E-state index in [4.69, 9.17) is 23.2 Å². The largest absolute Gasteiger partial charge is 0.480 e. The Morgan fingerprint density at radius 1 is 1.24 bits per heavy atom. The van der Waals surface area contributed by atoms with Gasteiger partial charge in [0.1, 0.15) is 6.04 Å². The Labute approximate surface area is 157 Å². The van der Waals surface area contributed by atoms with Crippen LogP contribution >= 0.6 is 23.2 Å². The molecule has 2 atom stereocenters. The Hall–Kier alpha value is -1.62. The number of piperidine rings is 1. The van der Waals surface area contributed by atoms with Gasteiger partial charge >= 0.3 is 5.97 Å². The van der Waals surface area contributed by atoms with E-state index in [1.165, 1.54) is 0 Å². The summed E-state index contributed by atoms with van der Waals surface area (Å²) in [4.78, 5) is 18.5. The normalized spacial score (nSPS) is 19.6. The smallest absolute Gasteiger partial charge is 0.320 e. The van der Waals surface area contributed by atoms with Crippen LogP contribution in [0.15, 0.2) is 36.4 Å².